The smallest absolute Gasteiger partial charge is 0.247 e. The second-order valence-corrected chi connectivity index (χ2v) is 8.47. The van der Waals surface area contributed by atoms with Crippen LogP contribution in [0.5, 0.6) is 0 Å². The van der Waals surface area contributed by atoms with Crippen molar-refractivity contribution in [2.75, 3.05) is 48.8 Å². The van der Waals surface area contributed by atoms with E-state index in [9.17, 15) is 4.79 Å². The molecule has 0 radical (unpaired) electrons. The van der Waals surface area contributed by atoms with Gasteiger partial charge in [0.1, 0.15) is 11.6 Å². The monoisotopic (exact) mass is 484 g/mol. The highest BCUT2D eigenvalue weighted by Crippen LogP contribution is 2.34. The van der Waals surface area contributed by atoms with E-state index >= 15 is 4.39 Å². The number of fused-ring (bicyclic) bond motifs is 1. The Bertz CT molecular complexity index is 1420. The lowest BCUT2D eigenvalue weighted by Gasteiger charge is -2.33. The lowest BCUT2D eigenvalue weighted by molar-refractivity contribution is -0.111. The number of carbonyl (C=O) groups excluding carboxylic acids is 1. The Morgan fingerprint density at radius 2 is 1.89 bits per heavy atom. The average molecular weight is 485 g/mol. The predicted molar refractivity (Wildman–Crippen MR) is 139 cm³/mol. The molecule has 4 aromatic rings. The summed E-state index contributed by atoms with van der Waals surface area (Å²) in [5, 5.41) is 6.46. The van der Waals surface area contributed by atoms with Gasteiger partial charge in [-0.15, -0.1) is 0 Å². The van der Waals surface area contributed by atoms with E-state index in [2.05, 4.69) is 54.0 Å². The molecule has 182 valence electrons. The SMILES string of the molecule is C=CC(=O)Nc1cccnc1-c1c(F)ccc2cnc(Nc3ccc(N4CCN(C)CC4)nc3)nc12. The van der Waals surface area contributed by atoms with Gasteiger partial charge >= 0.3 is 0 Å². The molecule has 3 aromatic heterocycles. The maximum atomic E-state index is 15.1. The number of anilines is 4. The van der Waals surface area contributed by atoms with Crippen LogP contribution in [0, 0.1) is 5.82 Å². The molecule has 0 unspecified atom stereocenters. The molecule has 2 N–H and O–H groups in total. The molecule has 10 heteroatoms. The Morgan fingerprint density at radius 3 is 2.64 bits per heavy atom. The van der Waals surface area contributed by atoms with Gasteiger partial charge in [-0.3, -0.25) is 9.78 Å². The molecule has 1 aromatic carbocycles. The Morgan fingerprint density at radius 1 is 1.06 bits per heavy atom. The molecule has 1 amide bonds. The lowest BCUT2D eigenvalue weighted by Crippen LogP contribution is -2.44. The van der Waals surface area contributed by atoms with Crippen LogP contribution in [0.15, 0.2) is 67.6 Å². The van der Waals surface area contributed by atoms with Crippen molar-refractivity contribution >= 4 is 40.0 Å². The summed E-state index contributed by atoms with van der Waals surface area (Å²) in [7, 11) is 2.12. The van der Waals surface area contributed by atoms with Crippen LogP contribution in [-0.2, 0) is 4.79 Å². The van der Waals surface area contributed by atoms with E-state index in [1.165, 1.54) is 12.3 Å². The first-order valence-electron chi connectivity index (χ1n) is 11.5. The van der Waals surface area contributed by atoms with Crippen LogP contribution in [0.4, 0.5) is 27.5 Å². The summed E-state index contributed by atoms with van der Waals surface area (Å²) in [6.45, 7) is 7.33. The maximum absolute atomic E-state index is 15.1. The Hall–Kier alpha value is -4.44. The van der Waals surface area contributed by atoms with Gasteiger partial charge in [0.15, 0.2) is 0 Å². The molecule has 9 nitrogen and oxygen atoms in total. The van der Waals surface area contributed by atoms with Gasteiger partial charge in [0, 0.05) is 44.0 Å². The Kier molecular flexibility index (Phi) is 6.50. The minimum Gasteiger partial charge on any atom is -0.354 e. The molecule has 1 fully saturated rings. The zero-order valence-corrected chi connectivity index (χ0v) is 19.8. The first-order valence-corrected chi connectivity index (χ1v) is 11.5. The third-order valence-corrected chi connectivity index (χ3v) is 6.02. The van der Waals surface area contributed by atoms with Crippen molar-refractivity contribution in [2.24, 2.45) is 0 Å². The Labute approximate surface area is 207 Å². The molecule has 0 bridgehead atoms. The van der Waals surface area contributed by atoms with E-state index in [0.717, 1.165) is 38.1 Å². The lowest BCUT2D eigenvalue weighted by atomic mass is 10.0. The van der Waals surface area contributed by atoms with Gasteiger partial charge in [-0.2, -0.15) is 0 Å². The number of carbonyl (C=O) groups is 1. The van der Waals surface area contributed by atoms with E-state index in [-0.39, 0.29) is 17.2 Å². The highest BCUT2D eigenvalue weighted by Gasteiger charge is 2.19. The van der Waals surface area contributed by atoms with Crippen LogP contribution in [0.3, 0.4) is 0 Å². The number of piperazine rings is 1. The van der Waals surface area contributed by atoms with E-state index < -0.39 is 11.7 Å². The molecule has 1 aliphatic heterocycles. The quantitative estimate of drug-likeness (QED) is 0.398. The first-order chi connectivity index (χ1) is 17.5. The number of hydrogen-bond donors (Lipinski definition) is 2. The number of halogens is 1. The molecule has 0 atom stereocenters. The van der Waals surface area contributed by atoms with Crippen LogP contribution in [0.2, 0.25) is 0 Å². The van der Waals surface area contributed by atoms with Crippen LogP contribution < -0.4 is 15.5 Å². The number of rotatable bonds is 6. The van der Waals surface area contributed by atoms with Gasteiger partial charge in [-0.25, -0.2) is 19.3 Å². The zero-order valence-electron chi connectivity index (χ0n) is 19.8. The number of pyridine rings is 2. The minimum atomic E-state index is -0.516. The number of likely N-dealkylation sites (N-methyl/N-ethyl adjacent to an activating group) is 1. The van der Waals surface area contributed by atoms with Crippen LogP contribution in [-0.4, -0.2) is 64.0 Å². The summed E-state index contributed by atoms with van der Waals surface area (Å²) in [6.07, 6.45) is 6.02. The Balaban J connectivity index is 1.46. The van der Waals surface area contributed by atoms with Crippen molar-refractivity contribution < 1.29 is 9.18 Å². The second kappa shape index (κ2) is 10.0. The van der Waals surface area contributed by atoms with Crippen LogP contribution >= 0.6 is 0 Å². The molecular formula is C26H25FN8O. The van der Waals surface area contributed by atoms with E-state index in [4.69, 9.17) is 0 Å². The van der Waals surface area contributed by atoms with Gasteiger partial charge in [-0.1, -0.05) is 6.58 Å². The number of hydrogen-bond acceptors (Lipinski definition) is 8. The highest BCUT2D eigenvalue weighted by molar-refractivity contribution is 6.03. The highest BCUT2D eigenvalue weighted by atomic mass is 19.1. The topological polar surface area (TPSA) is 99.2 Å². The summed E-state index contributed by atoms with van der Waals surface area (Å²) < 4.78 is 15.1. The van der Waals surface area contributed by atoms with Gasteiger partial charge < -0.3 is 20.4 Å². The summed E-state index contributed by atoms with van der Waals surface area (Å²) in [6, 6.07) is 10.1. The van der Waals surface area contributed by atoms with Crippen molar-refractivity contribution in [3.63, 3.8) is 0 Å². The van der Waals surface area contributed by atoms with Crippen molar-refractivity contribution in [3.8, 4) is 11.3 Å². The zero-order chi connectivity index (χ0) is 25.1. The third-order valence-electron chi connectivity index (χ3n) is 6.02. The molecule has 36 heavy (non-hydrogen) atoms. The number of benzene rings is 1. The van der Waals surface area contributed by atoms with E-state index in [1.54, 1.807) is 30.6 Å². The number of nitrogens with zero attached hydrogens (tertiary/aromatic N) is 6. The summed E-state index contributed by atoms with van der Waals surface area (Å²) in [5.74, 6) is 0.269. The summed E-state index contributed by atoms with van der Waals surface area (Å²) >= 11 is 0. The third kappa shape index (κ3) is 4.84. The molecule has 4 heterocycles. The van der Waals surface area contributed by atoms with Gasteiger partial charge in [0.05, 0.1) is 34.3 Å². The fourth-order valence-corrected chi connectivity index (χ4v) is 4.06. The van der Waals surface area contributed by atoms with Crippen molar-refractivity contribution in [3.05, 3.63) is 73.5 Å². The maximum Gasteiger partial charge on any atom is 0.247 e. The summed E-state index contributed by atoms with van der Waals surface area (Å²) in [5.41, 5.74) is 1.86. The fraction of sp³-hybridized carbons (Fsp3) is 0.192. The molecular weight excluding hydrogens is 459 g/mol. The van der Waals surface area contributed by atoms with Crippen LogP contribution in [0.1, 0.15) is 0 Å². The van der Waals surface area contributed by atoms with Crippen molar-refractivity contribution in [1.29, 1.82) is 0 Å². The van der Waals surface area contributed by atoms with Crippen molar-refractivity contribution in [2.45, 2.75) is 0 Å². The van der Waals surface area contributed by atoms with Gasteiger partial charge in [-0.05, 0) is 49.5 Å². The molecule has 0 spiro atoms. The van der Waals surface area contributed by atoms with E-state index in [1.807, 2.05) is 12.1 Å². The van der Waals surface area contributed by atoms with Gasteiger partial charge in [0.25, 0.3) is 0 Å². The fourth-order valence-electron chi connectivity index (χ4n) is 4.06. The number of aromatic nitrogens is 4. The number of nitrogens with one attached hydrogen (secondary N) is 2. The molecule has 1 saturated heterocycles. The molecule has 0 saturated carbocycles. The minimum absolute atomic E-state index is 0.168. The largest absolute Gasteiger partial charge is 0.354 e. The van der Waals surface area contributed by atoms with E-state index in [0.29, 0.717) is 22.3 Å². The standard InChI is InChI=1S/C26H25FN8O/c1-3-22(36)32-20-5-4-10-28-25(20)23-19(27)8-6-17-15-30-26(33-24(17)23)31-18-7-9-21(29-16-18)35-13-11-34(2)12-14-35/h3-10,15-16H,1,11-14H2,2H3,(H,32,36)(H,30,31,33). The normalized spacial score (nSPS) is 14.0. The predicted octanol–water partition coefficient (Wildman–Crippen LogP) is 3.85. The molecule has 5 rings (SSSR count). The average Bonchev–Trinajstić information content (AvgIpc) is 2.90. The van der Waals surface area contributed by atoms with Crippen LogP contribution in [0.25, 0.3) is 22.2 Å². The molecule has 1 aliphatic rings. The molecule has 0 aliphatic carbocycles. The van der Waals surface area contributed by atoms with Gasteiger partial charge in [0.2, 0.25) is 11.9 Å². The number of amides is 1. The second-order valence-electron chi connectivity index (χ2n) is 8.47. The van der Waals surface area contributed by atoms with Crippen molar-refractivity contribution in [1.82, 2.24) is 24.8 Å². The first kappa shape index (κ1) is 23.3. The summed E-state index contributed by atoms with van der Waals surface area (Å²) in [4.78, 5) is 34.3.